The van der Waals surface area contributed by atoms with Crippen molar-refractivity contribution in [3.8, 4) is 0 Å². The lowest BCUT2D eigenvalue weighted by Gasteiger charge is -2.06. The van der Waals surface area contributed by atoms with Crippen LogP contribution in [0.15, 0.2) is 28.1 Å². The molecule has 1 rings (SSSR count). The Morgan fingerprint density at radius 1 is 1.50 bits per heavy atom. The maximum atomic E-state index is 11.2. The molecule has 0 heterocycles. The zero-order valence-corrected chi connectivity index (χ0v) is 14.1. The van der Waals surface area contributed by atoms with E-state index >= 15 is 0 Å². The zero-order chi connectivity index (χ0) is 16.5. The number of carbonyl (C=O) groups excluding carboxylic acids is 1. The van der Waals surface area contributed by atoms with Crippen LogP contribution in [0.5, 0.6) is 0 Å². The van der Waals surface area contributed by atoms with E-state index in [4.69, 9.17) is 0 Å². The fourth-order valence-corrected chi connectivity index (χ4v) is 2.60. The Balaban J connectivity index is 3.11. The van der Waals surface area contributed by atoms with Crippen molar-refractivity contribution in [1.29, 1.82) is 0 Å². The first-order valence-corrected chi connectivity index (χ1v) is 8.61. The maximum Gasteiger partial charge on any atom is 0.412 e. The normalized spacial score (nSPS) is 11.1. The van der Waals surface area contributed by atoms with Crippen molar-refractivity contribution >= 4 is 46.2 Å². The van der Waals surface area contributed by atoms with Crippen molar-refractivity contribution in [2.75, 3.05) is 19.1 Å². The number of benzene rings is 1. The summed E-state index contributed by atoms with van der Waals surface area (Å²) in [6.07, 6.45) is 2.01. The van der Waals surface area contributed by atoms with E-state index in [-0.39, 0.29) is 16.5 Å². The Morgan fingerprint density at radius 2 is 2.23 bits per heavy atom. The molecule has 0 radical (unpaired) electrons. The summed E-state index contributed by atoms with van der Waals surface area (Å²) in [4.78, 5) is 26.9. The van der Waals surface area contributed by atoms with E-state index in [0.717, 1.165) is 28.8 Å². The molecule has 0 bridgehead atoms. The molecule has 0 atom stereocenters. The highest BCUT2D eigenvalue weighted by atomic mass is 32.2. The highest BCUT2D eigenvalue weighted by Gasteiger charge is 2.16. The van der Waals surface area contributed by atoms with Crippen LogP contribution in [0.1, 0.15) is 13.3 Å². The van der Waals surface area contributed by atoms with Gasteiger partial charge in [-0.1, -0.05) is 18.7 Å². The van der Waals surface area contributed by atoms with Crippen LogP contribution in [-0.4, -0.2) is 35.3 Å². The van der Waals surface area contributed by atoms with Gasteiger partial charge in [-0.2, -0.15) is 0 Å². The number of nitro benzene ring substituents is 1. The molecule has 0 aromatic heterocycles. The van der Waals surface area contributed by atoms with Crippen LogP contribution in [0.4, 0.5) is 16.2 Å². The van der Waals surface area contributed by atoms with Crippen molar-refractivity contribution in [2.45, 2.75) is 18.2 Å². The number of aliphatic imine (C=N–C) groups is 1. The number of nitrogens with zero attached hydrogens (tertiary/aromatic N) is 2. The molecule has 22 heavy (non-hydrogen) atoms. The Bertz CT molecular complexity index is 578. The number of amides is 1. The van der Waals surface area contributed by atoms with Crippen LogP contribution in [-0.2, 0) is 4.74 Å². The standard InChI is InChI=1S/C13H17N3O4S2/c1-4-7-22-9-5-6-10(11(8-9)16(18)19)14-12(21-3)15-13(17)20-2/h5-6,8H,4,7H2,1-3H3,(H,14,15,17). The molecule has 0 spiro atoms. The monoisotopic (exact) mass is 343 g/mol. The van der Waals surface area contributed by atoms with Crippen molar-refractivity contribution in [3.63, 3.8) is 0 Å². The van der Waals surface area contributed by atoms with Gasteiger partial charge in [-0.05, 0) is 30.6 Å². The first kappa shape index (κ1) is 18.3. The van der Waals surface area contributed by atoms with Crippen LogP contribution in [0, 0.1) is 10.1 Å². The molecule has 0 saturated carbocycles. The van der Waals surface area contributed by atoms with Crippen LogP contribution in [0.3, 0.4) is 0 Å². The molecule has 0 fully saturated rings. The van der Waals surface area contributed by atoms with Crippen molar-refractivity contribution in [1.82, 2.24) is 5.32 Å². The summed E-state index contributed by atoms with van der Waals surface area (Å²) in [5.41, 5.74) is 0.0888. The Kier molecular flexibility index (Phi) is 7.75. The summed E-state index contributed by atoms with van der Waals surface area (Å²) >= 11 is 2.71. The van der Waals surface area contributed by atoms with Gasteiger partial charge in [0.05, 0.1) is 12.0 Å². The molecular weight excluding hydrogens is 326 g/mol. The second kappa shape index (κ2) is 9.31. The van der Waals surface area contributed by atoms with E-state index in [2.05, 4.69) is 15.0 Å². The number of methoxy groups -OCH3 is 1. The second-order valence-corrected chi connectivity index (χ2v) is 5.96. The molecule has 120 valence electrons. The van der Waals surface area contributed by atoms with E-state index in [0.29, 0.717) is 0 Å². The molecule has 0 aliphatic carbocycles. The van der Waals surface area contributed by atoms with Gasteiger partial charge in [0, 0.05) is 11.0 Å². The minimum absolute atomic E-state index is 0.0979. The molecule has 0 unspecified atom stereocenters. The van der Waals surface area contributed by atoms with Gasteiger partial charge >= 0.3 is 6.09 Å². The Labute approximate surface area is 137 Å². The number of rotatable bonds is 5. The summed E-state index contributed by atoms with van der Waals surface area (Å²) in [7, 11) is 1.23. The average molecular weight is 343 g/mol. The second-order valence-electron chi connectivity index (χ2n) is 3.99. The number of nitro groups is 1. The number of carbonyl (C=O) groups is 1. The average Bonchev–Trinajstić information content (AvgIpc) is 2.52. The molecule has 7 nitrogen and oxygen atoms in total. The minimum atomic E-state index is -0.675. The molecule has 0 aliphatic heterocycles. The summed E-state index contributed by atoms with van der Waals surface area (Å²) < 4.78 is 4.48. The highest BCUT2D eigenvalue weighted by Crippen LogP contribution is 2.32. The first-order valence-electron chi connectivity index (χ1n) is 6.40. The molecular formula is C13H17N3O4S2. The molecule has 0 aliphatic rings. The number of hydrogen-bond acceptors (Lipinski definition) is 7. The number of thioether (sulfide) groups is 2. The zero-order valence-electron chi connectivity index (χ0n) is 12.5. The molecule has 1 amide bonds. The predicted molar refractivity (Wildman–Crippen MR) is 90.3 cm³/mol. The van der Waals surface area contributed by atoms with E-state index in [1.807, 2.05) is 6.92 Å². The largest absolute Gasteiger partial charge is 0.453 e. The first-order chi connectivity index (χ1) is 10.5. The Morgan fingerprint density at radius 3 is 2.77 bits per heavy atom. The topological polar surface area (TPSA) is 93.8 Å². The molecule has 9 heteroatoms. The van der Waals surface area contributed by atoms with Gasteiger partial charge in [-0.3, -0.25) is 15.4 Å². The van der Waals surface area contributed by atoms with Gasteiger partial charge in [0.1, 0.15) is 5.69 Å². The summed E-state index contributed by atoms with van der Waals surface area (Å²) in [6.45, 7) is 2.04. The van der Waals surface area contributed by atoms with Gasteiger partial charge in [0.15, 0.2) is 5.17 Å². The fourth-order valence-electron chi connectivity index (χ4n) is 1.43. The SMILES string of the molecule is CCCSc1ccc(/N=C(/NC(=O)OC)SC)c([N+](=O)[O-])c1. The molecule has 1 aromatic rings. The van der Waals surface area contributed by atoms with E-state index in [9.17, 15) is 14.9 Å². The maximum absolute atomic E-state index is 11.2. The molecule has 1 aromatic carbocycles. The van der Waals surface area contributed by atoms with E-state index in [1.54, 1.807) is 30.2 Å². The highest BCUT2D eigenvalue weighted by molar-refractivity contribution is 8.13. The van der Waals surface area contributed by atoms with Crippen molar-refractivity contribution in [2.24, 2.45) is 4.99 Å². The van der Waals surface area contributed by atoms with Crippen molar-refractivity contribution in [3.05, 3.63) is 28.3 Å². The third-order valence-electron chi connectivity index (χ3n) is 2.43. The third kappa shape index (κ3) is 5.57. The smallest absolute Gasteiger partial charge is 0.412 e. The summed E-state index contributed by atoms with van der Waals surface area (Å²) in [5, 5.41) is 13.8. The minimum Gasteiger partial charge on any atom is -0.453 e. The third-order valence-corrected chi connectivity index (χ3v) is 4.21. The number of ether oxygens (including phenoxy) is 1. The van der Waals surface area contributed by atoms with Gasteiger partial charge < -0.3 is 4.74 Å². The summed E-state index contributed by atoms with van der Waals surface area (Å²) in [6, 6.07) is 4.85. The quantitative estimate of drug-likeness (QED) is 0.287. The fraction of sp³-hybridized carbons (Fsp3) is 0.385. The predicted octanol–water partition coefficient (Wildman–Crippen LogP) is 3.80. The van der Waals surface area contributed by atoms with Crippen molar-refractivity contribution < 1.29 is 14.5 Å². The lowest BCUT2D eigenvalue weighted by Crippen LogP contribution is -2.27. The lowest BCUT2D eigenvalue weighted by atomic mass is 10.3. The van der Waals surface area contributed by atoms with Gasteiger partial charge in [-0.15, -0.1) is 11.8 Å². The lowest BCUT2D eigenvalue weighted by molar-refractivity contribution is -0.384. The molecule has 0 saturated heterocycles. The van der Waals surface area contributed by atoms with Gasteiger partial charge in [-0.25, -0.2) is 9.79 Å². The summed E-state index contributed by atoms with van der Waals surface area (Å²) in [5.74, 6) is 0.889. The number of alkyl carbamates (subject to hydrolysis) is 1. The van der Waals surface area contributed by atoms with Crippen LogP contribution in [0.2, 0.25) is 0 Å². The van der Waals surface area contributed by atoms with Gasteiger partial charge in [0.25, 0.3) is 5.69 Å². The van der Waals surface area contributed by atoms with Crippen LogP contribution >= 0.6 is 23.5 Å². The molecule has 1 N–H and O–H groups in total. The van der Waals surface area contributed by atoms with Crippen LogP contribution in [0.25, 0.3) is 0 Å². The van der Waals surface area contributed by atoms with Crippen LogP contribution < -0.4 is 5.32 Å². The Hall–Kier alpha value is -1.74. The number of hydrogen-bond donors (Lipinski definition) is 1. The van der Waals surface area contributed by atoms with E-state index < -0.39 is 11.0 Å². The number of amidine groups is 1. The number of nitrogens with one attached hydrogen (secondary N) is 1. The van der Waals surface area contributed by atoms with E-state index in [1.165, 1.54) is 13.2 Å². The van der Waals surface area contributed by atoms with Gasteiger partial charge in [0.2, 0.25) is 0 Å².